The lowest BCUT2D eigenvalue weighted by atomic mass is 10.1. The van der Waals surface area contributed by atoms with Crippen LogP contribution in [0.2, 0.25) is 0 Å². The summed E-state index contributed by atoms with van der Waals surface area (Å²) in [4.78, 5) is 23.3. The fourth-order valence-electron chi connectivity index (χ4n) is 1.58. The molecule has 7 heteroatoms. The summed E-state index contributed by atoms with van der Waals surface area (Å²) in [6, 6.07) is 8.24. The number of ether oxygens (including phenoxy) is 1. The molecule has 0 aliphatic heterocycles. The molecule has 21 heavy (non-hydrogen) atoms. The van der Waals surface area contributed by atoms with Crippen molar-refractivity contribution in [1.29, 1.82) is 5.26 Å². The van der Waals surface area contributed by atoms with Gasteiger partial charge in [-0.3, -0.25) is 9.59 Å². The average molecular weight is 291 g/mol. The van der Waals surface area contributed by atoms with Gasteiger partial charge in [-0.1, -0.05) is 12.1 Å². The summed E-state index contributed by atoms with van der Waals surface area (Å²) in [5, 5.41) is 23.3. The van der Waals surface area contributed by atoms with Gasteiger partial charge in [0.15, 0.2) is 0 Å². The number of amides is 2. The Balaban J connectivity index is 2.60. The summed E-state index contributed by atoms with van der Waals surface area (Å²) in [5.41, 5.74) is -0.760. The normalized spacial score (nSPS) is 12.9. The maximum atomic E-state index is 11.7. The van der Waals surface area contributed by atoms with Gasteiger partial charge in [0.05, 0.1) is 17.9 Å². The Labute approximate surface area is 122 Å². The van der Waals surface area contributed by atoms with Crippen LogP contribution in [0.4, 0.5) is 5.69 Å². The van der Waals surface area contributed by atoms with Gasteiger partial charge in [-0.05, 0) is 19.1 Å². The first-order chi connectivity index (χ1) is 9.89. The molecule has 0 fully saturated rings. The van der Waals surface area contributed by atoms with Crippen LogP contribution >= 0.6 is 0 Å². The first-order valence-electron chi connectivity index (χ1n) is 6.19. The third-order valence-electron chi connectivity index (χ3n) is 2.59. The number of hydrogen-bond donors (Lipinski definition) is 3. The zero-order chi connectivity index (χ0) is 15.9. The van der Waals surface area contributed by atoms with Gasteiger partial charge in [-0.25, -0.2) is 0 Å². The molecule has 0 spiro atoms. The number of nitrogens with zero attached hydrogens (tertiary/aromatic N) is 1. The summed E-state index contributed by atoms with van der Waals surface area (Å²) in [5.74, 6) is -1.81. The van der Waals surface area contributed by atoms with Gasteiger partial charge in [-0.2, -0.15) is 5.26 Å². The molecule has 1 unspecified atom stereocenters. The average Bonchev–Trinajstić information content (AvgIpc) is 2.45. The van der Waals surface area contributed by atoms with Crippen molar-refractivity contribution in [2.75, 3.05) is 25.6 Å². The lowest BCUT2D eigenvalue weighted by Gasteiger charge is -2.22. The Morgan fingerprint density at radius 3 is 2.67 bits per heavy atom. The highest BCUT2D eigenvalue weighted by atomic mass is 16.5. The van der Waals surface area contributed by atoms with Crippen molar-refractivity contribution in [3.05, 3.63) is 29.8 Å². The van der Waals surface area contributed by atoms with E-state index in [9.17, 15) is 14.7 Å². The number of aliphatic hydroxyl groups is 1. The molecule has 7 nitrogen and oxygen atoms in total. The predicted octanol–water partition coefficient (Wildman–Crippen LogP) is 0.0104. The van der Waals surface area contributed by atoms with E-state index >= 15 is 0 Å². The highest BCUT2D eigenvalue weighted by Crippen LogP contribution is 2.13. The third kappa shape index (κ3) is 5.22. The van der Waals surface area contributed by atoms with E-state index in [4.69, 9.17) is 10.00 Å². The molecule has 0 aliphatic carbocycles. The number of rotatable bonds is 5. The number of anilines is 1. The van der Waals surface area contributed by atoms with Gasteiger partial charge in [0.1, 0.15) is 11.7 Å². The van der Waals surface area contributed by atoms with Crippen LogP contribution in [0.1, 0.15) is 12.5 Å². The molecule has 0 bridgehead atoms. The number of carbonyl (C=O) groups excluding carboxylic acids is 2. The number of nitrogens with one attached hydrogen (secondary N) is 2. The van der Waals surface area contributed by atoms with E-state index < -0.39 is 17.4 Å². The predicted molar refractivity (Wildman–Crippen MR) is 75.3 cm³/mol. The van der Waals surface area contributed by atoms with Gasteiger partial charge in [0, 0.05) is 13.7 Å². The van der Waals surface area contributed by atoms with Gasteiger partial charge < -0.3 is 20.5 Å². The second kappa shape index (κ2) is 7.38. The molecule has 0 saturated carbocycles. The maximum Gasteiger partial charge on any atom is 0.313 e. The minimum absolute atomic E-state index is 0.0200. The van der Waals surface area contributed by atoms with Crippen molar-refractivity contribution in [2.45, 2.75) is 12.5 Å². The minimum Gasteiger partial charge on any atom is -0.386 e. The molecule has 1 atom stereocenters. The van der Waals surface area contributed by atoms with E-state index in [0.29, 0.717) is 0 Å². The van der Waals surface area contributed by atoms with Crippen LogP contribution in [-0.4, -0.2) is 42.8 Å². The number of carbonyl (C=O) groups is 2. The molecule has 0 aromatic heterocycles. The second-order valence-corrected chi connectivity index (χ2v) is 4.72. The van der Waals surface area contributed by atoms with Crippen LogP contribution in [0.15, 0.2) is 24.3 Å². The van der Waals surface area contributed by atoms with Crippen LogP contribution in [0.25, 0.3) is 0 Å². The van der Waals surface area contributed by atoms with Crippen LogP contribution in [0.3, 0.4) is 0 Å². The van der Waals surface area contributed by atoms with Gasteiger partial charge in [0.2, 0.25) is 0 Å². The smallest absolute Gasteiger partial charge is 0.313 e. The molecule has 1 aromatic rings. The summed E-state index contributed by atoms with van der Waals surface area (Å²) in [6.07, 6.45) is 0. The summed E-state index contributed by atoms with van der Waals surface area (Å²) in [7, 11) is 1.42. The van der Waals surface area contributed by atoms with Crippen molar-refractivity contribution >= 4 is 17.5 Å². The molecule has 2 amide bonds. The van der Waals surface area contributed by atoms with Crippen LogP contribution < -0.4 is 10.6 Å². The standard InChI is InChI=1S/C14H17N3O4/c1-14(20,9-21-2)8-16-12(18)13(19)17-11-6-4-3-5-10(11)7-15/h3-6,20H,8-9H2,1-2H3,(H,16,18)(H,17,19). The number of para-hydroxylation sites is 1. The first kappa shape index (κ1) is 16.6. The minimum atomic E-state index is -1.27. The molecular formula is C14H17N3O4. The van der Waals surface area contributed by atoms with Gasteiger partial charge in [0.25, 0.3) is 0 Å². The van der Waals surface area contributed by atoms with E-state index in [1.807, 2.05) is 6.07 Å². The van der Waals surface area contributed by atoms with Gasteiger partial charge >= 0.3 is 11.8 Å². The van der Waals surface area contributed by atoms with Gasteiger partial charge in [-0.15, -0.1) is 0 Å². The first-order valence-corrected chi connectivity index (χ1v) is 6.19. The molecule has 0 heterocycles. The van der Waals surface area contributed by atoms with Crippen LogP contribution in [0, 0.1) is 11.3 Å². The largest absolute Gasteiger partial charge is 0.386 e. The van der Waals surface area contributed by atoms with Crippen molar-refractivity contribution in [2.24, 2.45) is 0 Å². The van der Waals surface area contributed by atoms with Crippen molar-refractivity contribution in [1.82, 2.24) is 5.32 Å². The van der Waals surface area contributed by atoms with E-state index in [2.05, 4.69) is 10.6 Å². The second-order valence-electron chi connectivity index (χ2n) is 4.72. The Bertz CT molecular complexity index is 564. The zero-order valence-electron chi connectivity index (χ0n) is 11.8. The Hall–Kier alpha value is -2.43. The summed E-state index contributed by atoms with van der Waals surface area (Å²) in [6.45, 7) is 1.36. The highest BCUT2D eigenvalue weighted by molar-refractivity contribution is 6.39. The molecule has 3 N–H and O–H groups in total. The van der Waals surface area contributed by atoms with Crippen molar-refractivity contribution in [3.63, 3.8) is 0 Å². The summed E-state index contributed by atoms with van der Waals surface area (Å²) >= 11 is 0. The van der Waals surface area contributed by atoms with Crippen molar-refractivity contribution in [3.8, 4) is 6.07 Å². The number of nitriles is 1. The lowest BCUT2D eigenvalue weighted by Crippen LogP contribution is -2.46. The molecule has 0 saturated heterocycles. The van der Waals surface area contributed by atoms with Crippen LogP contribution in [-0.2, 0) is 14.3 Å². The molecule has 0 radical (unpaired) electrons. The SMILES string of the molecule is COCC(C)(O)CNC(=O)C(=O)Nc1ccccc1C#N. The highest BCUT2D eigenvalue weighted by Gasteiger charge is 2.23. The lowest BCUT2D eigenvalue weighted by molar-refractivity contribution is -0.137. The molecule has 1 rings (SSSR count). The van der Waals surface area contributed by atoms with E-state index in [0.717, 1.165) is 0 Å². The molecule has 112 valence electrons. The van der Waals surface area contributed by atoms with E-state index in [-0.39, 0.29) is 24.4 Å². The Morgan fingerprint density at radius 2 is 2.05 bits per heavy atom. The fourth-order valence-corrected chi connectivity index (χ4v) is 1.58. The van der Waals surface area contributed by atoms with Crippen LogP contribution in [0.5, 0.6) is 0 Å². The maximum absolute atomic E-state index is 11.7. The monoisotopic (exact) mass is 291 g/mol. The van der Waals surface area contributed by atoms with E-state index in [1.165, 1.54) is 26.2 Å². The Kier molecular flexibility index (Phi) is 5.84. The molecule has 0 aliphatic rings. The van der Waals surface area contributed by atoms with Crippen molar-refractivity contribution < 1.29 is 19.4 Å². The Morgan fingerprint density at radius 1 is 1.38 bits per heavy atom. The number of methoxy groups -OCH3 is 1. The quantitative estimate of drug-likeness (QED) is 0.662. The summed E-state index contributed by atoms with van der Waals surface area (Å²) < 4.78 is 4.79. The topological polar surface area (TPSA) is 111 Å². The molecular weight excluding hydrogens is 274 g/mol. The zero-order valence-corrected chi connectivity index (χ0v) is 11.8. The number of hydrogen-bond acceptors (Lipinski definition) is 5. The molecule has 1 aromatic carbocycles. The fraction of sp³-hybridized carbons (Fsp3) is 0.357. The van der Waals surface area contributed by atoms with E-state index in [1.54, 1.807) is 12.1 Å². The number of benzene rings is 1. The third-order valence-corrected chi connectivity index (χ3v) is 2.59.